The number of nitrogens with zero attached hydrogens (tertiary/aromatic N) is 3. The van der Waals surface area contributed by atoms with Gasteiger partial charge in [-0.3, -0.25) is 0 Å². The van der Waals surface area contributed by atoms with Crippen molar-refractivity contribution in [3.05, 3.63) is 11.4 Å². The van der Waals surface area contributed by atoms with Crippen LogP contribution in [0.3, 0.4) is 0 Å². The lowest BCUT2D eigenvalue weighted by atomic mass is 10.2. The first-order valence-corrected chi connectivity index (χ1v) is 7.13. The third-order valence-corrected chi connectivity index (χ3v) is 3.37. The van der Waals surface area contributed by atoms with E-state index >= 15 is 0 Å². The Morgan fingerprint density at radius 1 is 1.37 bits per heavy atom. The first-order valence-electron chi connectivity index (χ1n) is 7.13. The molecule has 5 heteroatoms. The number of aryl methyl sites for hydroxylation is 1. The summed E-state index contributed by atoms with van der Waals surface area (Å²) < 4.78 is 5.60. The van der Waals surface area contributed by atoms with Crippen molar-refractivity contribution < 1.29 is 4.74 Å². The van der Waals surface area contributed by atoms with Crippen LogP contribution in [0.25, 0.3) is 0 Å². The fraction of sp³-hybridized carbons (Fsp3) is 0.714. The molecule has 0 spiro atoms. The van der Waals surface area contributed by atoms with Crippen molar-refractivity contribution in [1.82, 2.24) is 9.97 Å². The molecule has 1 fully saturated rings. The molecule has 0 bridgehead atoms. The molecule has 1 aliphatic heterocycles. The molecule has 1 aromatic rings. The Kier molecular flexibility index (Phi) is 4.58. The van der Waals surface area contributed by atoms with Gasteiger partial charge in [-0.1, -0.05) is 6.92 Å². The zero-order valence-corrected chi connectivity index (χ0v) is 12.4. The van der Waals surface area contributed by atoms with E-state index in [2.05, 4.69) is 42.9 Å². The van der Waals surface area contributed by atoms with E-state index in [4.69, 9.17) is 9.72 Å². The van der Waals surface area contributed by atoms with E-state index in [9.17, 15) is 0 Å². The molecule has 0 aliphatic carbocycles. The summed E-state index contributed by atoms with van der Waals surface area (Å²) in [5.41, 5.74) is 1.13. The molecule has 19 heavy (non-hydrogen) atoms. The summed E-state index contributed by atoms with van der Waals surface area (Å²) in [6, 6.07) is 0. The molecular weight excluding hydrogens is 240 g/mol. The van der Waals surface area contributed by atoms with Crippen LogP contribution < -0.4 is 10.2 Å². The second-order valence-corrected chi connectivity index (χ2v) is 4.95. The monoisotopic (exact) mass is 264 g/mol. The van der Waals surface area contributed by atoms with Crippen LogP contribution in [-0.4, -0.2) is 42.3 Å². The van der Waals surface area contributed by atoms with Gasteiger partial charge in [-0.05, 0) is 20.8 Å². The third kappa shape index (κ3) is 3.15. The lowest BCUT2D eigenvalue weighted by molar-refractivity contribution is 0.0529. The van der Waals surface area contributed by atoms with E-state index in [1.54, 1.807) is 0 Å². The number of hydrogen-bond donors (Lipinski definition) is 1. The second-order valence-electron chi connectivity index (χ2n) is 4.95. The summed E-state index contributed by atoms with van der Waals surface area (Å²) in [5, 5.41) is 3.33. The third-order valence-electron chi connectivity index (χ3n) is 3.37. The fourth-order valence-electron chi connectivity index (χ4n) is 2.37. The van der Waals surface area contributed by atoms with Crippen LogP contribution in [0.15, 0.2) is 0 Å². The molecule has 0 saturated carbocycles. The number of anilines is 2. The Labute approximate surface area is 115 Å². The molecule has 1 saturated heterocycles. The highest BCUT2D eigenvalue weighted by atomic mass is 16.5. The van der Waals surface area contributed by atoms with Crippen molar-refractivity contribution in [3.8, 4) is 0 Å². The Morgan fingerprint density at radius 3 is 2.79 bits per heavy atom. The van der Waals surface area contributed by atoms with E-state index in [1.165, 1.54) is 0 Å². The summed E-state index contributed by atoms with van der Waals surface area (Å²) >= 11 is 0. The van der Waals surface area contributed by atoms with Gasteiger partial charge in [0.15, 0.2) is 0 Å². The van der Waals surface area contributed by atoms with E-state index < -0.39 is 0 Å². The van der Waals surface area contributed by atoms with E-state index in [0.717, 1.165) is 55.7 Å². The Morgan fingerprint density at radius 2 is 2.16 bits per heavy atom. The average molecular weight is 264 g/mol. The van der Waals surface area contributed by atoms with Gasteiger partial charge < -0.3 is 15.0 Å². The number of ether oxygens (including phenoxy) is 1. The predicted octanol–water partition coefficient (Wildman–Crippen LogP) is 2.00. The van der Waals surface area contributed by atoms with Crippen LogP contribution in [-0.2, 0) is 11.2 Å². The van der Waals surface area contributed by atoms with Crippen LogP contribution in [0.1, 0.15) is 32.2 Å². The van der Waals surface area contributed by atoms with Crippen LogP contribution in [0, 0.1) is 6.92 Å². The summed E-state index contributed by atoms with van der Waals surface area (Å²) in [4.78, 5) is 11.6. The van der Waals surface area contributed by atoms with Crippen LogP contribution >= 0.6 is 0 Å². The Balaban J connectivity index is 2.34. The highest BCUT2D eigenvalue weighted by molar-refractivity contribution is 5.59. The maximum absolute atomic E-state index is 5.60. The van der Waals surface area contributed by atoms with Crippen LogP contribution in [0.4, 0.5) is 11.6 Å². The smallest absolute Gasteiger partial charge is 0.137 e. The van der Waals surface area contributed by atoms with Crippen LogP contribution in [0.2, 0.25) is 0 Å². The van der Waals surface area contributed by atoms with E-state index in [1.807, 2.05) is 0 Å². The van der Waals surface area contributed by atoms with Gasteiger partial charge in [0.1, 0.15) is 17.5 Å². The molecule has 5 nitrogen and oxygen atoms in total. The molecule has 2 rings (SSSR count). The molecule has 1 atom stereocenters. The van der Waals surface area contributed by atoms with Crippen molar-refractivity contribution in [3.63, 3.8) is 0 Å². The minimum Gasteiger partial charge on any atom is -0.375 e. The van der Waals surface area contributed by atoms with Gasteiger partial charge >= 0.3 is 0 Å². The zero-order valence-electron chi connectivity index (χ0n) is 12.4. The van der Waals surface area contributed by atoms with Crippen molar-refractivity contribution >= 4 is 11.6 Å². The maximum Gasteiger partial charge on any atom is 0.137 e. The normalized spacial score (nSPS) is 19.6. The molecule has 2 heterocycles. The molecule has 0 aromatic carbocycles. The largest absolute Gasteiger partial charge is 0.375 e. The second kappa shape index (κ2) is 6.19. The summed E-state index contributed by atoms with van der Waals surface area (Å²) in [6.45, 7) is 11.8. The van der Waals surface area contributed by atoms with Crippen molar-refractivity contribution in [1.29, 1.82) is 0 Å². The van der Waals surface area contributed by atoms with Crippen molar-refractivity contribution in [2.24, 2.45) is 0 Å². The zero-order chi connectivity index (χ0) is 13.8. The first kappa shape index (κ1) is 14.1. The topological polar surface area (TPSA) is 50.3 Å². The van der Waals surface area contributed by atoms with Gasteiger partial charge in [-0.15, -0.1) is 0 Å². The molecule has 1 aromatic heterocycles. The van der Waals surface area contributed by atoms with Gasteiger partial charge in [0.25, 0.3) is 0 Å². The number of rotatable bonds is 4. The Bertz CT molecular complexity index is 436. The number of morpholine rings is 1. The number of hydrogen-bond acceptors (Lipinski definition) is 5. The maximum atomic E-state index is 5.60. The molecule has 106 valence electrons. The molecular formula is C14H24N4O. The lowest BCUT2D eigenvalue weighted by Crippen LogP contribution is -2.42. The lowest BCUT2D eigenvalue weighted by Gasteiger charge is -2.33. The highest BCUT2D eigenvalue weighted by Crippen LogP contribution is 2.25. The van der Waals surface area contributed by atoms with Crippen LogP contribution in [0.5, 0.6) is 0 Å². The predicted molar refractivity (Wildman–Crippen MR) is 77.9 cm³/mol. The first-order chi connectivity index (χ1) is 9.15. The Hall–Kier alpha value is -1.36. The fourth-order valence-corrected chi connectivity index (χ4v) is 2.37. The summed E-state index contributed by atoms with van der Waals surface area (Å²) in [6.07, 6.45) is 1.11. The van der Waals surface area contributed by atoms with Gasteiger partial charge in [-0.2, -0.15) is 0 Å². The van der Waals surface area contributed by atoms with E-state index in [0.29, 0.717) is 0 Å². The summed E-state index contributed by atoms with van der Waals surface area (Å²) in [5.74, 6) is 2.91. The minimum atomic E-state index is 0.260. The van der Waals surface area contributed by atoms with Crippen molar-refractivity contribution in [2.45, 2.75) is 40.2 Å². The number of aromatic nitrogens is 2. The quantitative estimate of drug-likeness (QED) is 0.901. The van der Waals surface area contributed by atoms with E-state index in [-0.39, 0.29) is 6.10 Å². The number of nitrogens with one attached hydrogen (secondary N) is 1. The van der Waals surface area contributed by atoms with Gasteiger partial charge in [0.05, 0.1) is 12.7 Å². The van der Waals surface area contributed by atoms with Gasteiger partial charge in [-0.25, -0.2) is 9.97 Å². The van der Waals surface area contributed by atoms with Gasteiger partial charge in [0, 0.05) is 31.6 Å². The molecule has 0 amide bonds. The summed E-state index contributed by atoms with van der Waals surface area (Å²) in [7, 11) is 0. The standard InChI is InChI=1S/C14H24N4O/c1-5-12-16-13(15-6-2)11(4)14(17-12)18-7-8-19-10(3)9-18/h10H,5-9H2,1-4H3,(H,15,16,17). The SMILES string of the molecule is CCNc1nc(CC)nc(N2CCOC(C)C2)c1C. The molecule has 1 N–H and O–H groups in total. The molecule has 1 aliphatic rings. The van der Waals surface area contributed by atoms with Crippen molar-refractivity contribution in [2.75, 3.05) is 36.5 Å². The highest BCUT2D eigenvalue weighted by Gasteiger charge is 2.21. The molecule has 1 unspecified atom stereocenters. The molecule has 0 radical (unpaired) electrons. The minimum absolute atomic E-state index is 0.260. The van der Waals surface area contributed by atoms with Gasteiger partial charge in [0.2, 0.25) is 0 Å². The average Bonchev–Trinajstić information content (AvgIpc) is 2.41.